The number of allylic oxidation sites excluding steroid dienone is 1. The molecule has 0 spiro atoms. The Bertz CT molecular complexity index is 1160. The average molecular weight is 476 g/mol. The number of amides is 2. The Labute approximate surface area is 206 Å². The van der Waals surface area contributed by atoms with Crippen LogP contribution < -0.4 is 5.43 Å². The van der Waals surface area contributed by atoms with Crippen LogP contribution in [0.1, 0.15) is 60.8 Å². The third kappa shape index (κ3) is 5.66. The number of carbonyl (C=O) groups excluding carboxylic acids is 2. The van der Waals surface area contributed by atoms with E-state index < -0.39 is 30.3 Å². The smallest absolute Gasteiger partial charge is 0.466 e. The van der Waals surface area contributed by atoms with Crippen molar-refractivity contribution in [2.75, 3.05) is 0 Å². The van der Waals surface area contributed by atoms with E-state index in [2.05, 4.69) is 5.43 Å². The summed E-state index contributed by atoms with van der Waals surface area (Å²) >= 11 is 0. The normalized spacial score (nSPS) is 16.6. The van der Waals surface area contributed by atoms with Gasteiger partial charge in [0.2, 0.25) is 0 Å². The van der Waals surface area contributed by atoms with Crippen molar-refractivity contribution in [1.82, 2.24) is 10.4 Å². The number of nitrogens with one attached hydrogen (secondary N) is 1. The van der Waals surface area contributed by atoms with Crippen LogP contribution in [-0.4, -0.2) is 39.1 Å². The number of aliphatic hydroxyl groups excluding tert-OH is 1. The molecule has 0 heterocycles. The molecule has 2 aromatic rings. The number of aliphatic hydroxyl groups is 1. The van der Waals surface area contributed by atoms with Crippen molar-refractivity contribution < 1.29 is 24.7 Å². The molecular weight excluding hydrogens is 443 g/mol. The van der Waals surface area contributed by atoms with Gasteiger partial charge in [-0.15, -0.1) is 0 Å². The monoisotopic (exact) mass is 476 g/mol. The molecule has 2 atom stereocenters. The lowest BCUT2D eigenvalue weighted by Gasteiger charge is -2.40. The van der Waals surface area contributed by atoms with Crippen molar-refractivity contribution in [2.45, 2.75) is 53.4 Å². The fourth-order valence-electron chi connectivity index (χ4n) is 4.56. The lowest BCUT2D eigenvalue weighted by molar-refractivity contribution is -0.122. The van der Waals surface area contributed by atoms with E-state index in [1.54, 1.807) is 12.1 Å². The van der Waals surface area contributed by atoms with Crippen LogP contribution in [0, 0.1) is 19.3 Å². The summed E-state index contributed by atoms with van der Waals surface area (Å²) in [6, 6.07) is 14.5. The van der Waals surface area contributed by atoms with Crippen LogP contribution in [0.4, 0.5) is 0 Å². The van der Waals surface area contributed by atoms with Gasteiger partial charge in [0, 0.05) is 11.1 Å². The number of hydrogen-bond acceptors (Lipinski definition) is 5. The van der Waals surface area contributed by atoms with Crippen molar-refractivity contribution in [3.8, 4) is 0 Å². The Balaban J connectivity index is 2.10. The highest BCUT2D eigenvalue weighted by Crippen LogP contribution is 2.39. The molecule has 184 valence electrons. The largest absolute Gasteiger partial charge is 0.512 e. The second kappa shape index (κ2) is 10.1. The Hall–Kier alpha value is -3.36. The van der Waals surface area contributed by atoms with Crippen molar-refractivity contribution in [3.63, 3.8) is 0 Å². The van der Waals surface area contributed by atoms with E-state index >= 15 is 0 Å². The van der Waals surface area contributed by atoms with Crippen LogP contribution in [0.3, 0.4) is 0 Å². The number of rotatable bonds is 5. The van der Waals surface area contributed by atoms with Gasteiger partial charge in [0.25, 0.3) is 11.8 Å². The minimum Gasteiger partial charge on any atom is -0.512 e. The molecule has 0 aliphatic heterocycles. The summed E-state index contributed by atoms with van der Waals surface area (Å²) < 4.78 is 0. The Morgan fingerprint density at radius 2 is 1.57 bits per heavy atom. The molecular formula is C27H33BN2O5. The minimum atomic E-state index is -1.85. The van der Waals surface area contributed by atoms with Gasteiger partial charge >= 0.3 is 7.12 Å². The summed E-state index contributed by atoms with van der Waals surface area (Å²) in [4.78, 5) is 27.4. The van der Waals surface area contributed by atoms with Crippen molar-refractivity contribution in [3.05, 3.63) is 93.8 Å². The molecule has 2 amide bonds. The molecule has 3 rings (SSSR count). The molecule has 0 bridgehead atoms. The number of nitrogens with zero attached hydrogens (tertiary/aromatic N) is 1. The summed E-state index contributed by atoms with van der Waals surface area (Å²) in [5, 5.41) is 30.8. The standard InChI is InChI=1S/C27H33BN2O5/c1-16-12-17(2)14-20(13-16)26(33)30(24(27(4,5)6)19-10-8-7-9-11-19)29-25(32)21-15-22(28(34)35)23(31)18(21)3/h7-15,22,24,31,34-35H,1-6H3,(H,29,32). The Morgan fingerprint density at radius 3 is 2.06 bits per heavy atom. The molecule has 4 N–H and O–H groups in total. The second-order valence-electron chi connectivity index (χ2n) is 10.2. The molecule has 0 aromatic heterocycles. The zero-order valence-electron chi connectivity index (χ0n) is 21.0. The zero-order chi connectivity index (χ0) is 26.1. The van der Waals surface area contributed by atoms with E-state index in [1.807, 2.05) is 71.0 Å². The highest BCUT2D eigenvalue weighted by Gasteiger charge is 2.39. The van der Waals surface area contributed by atoms with Gasteiger partial charge in [-0.1, -0.05) is 74.4 Å². The van der Waals surface area contributed by atoms with Gasteiger partial charge in [-0.05, 0) is 49.5 Å². The van der Waals surface area contributed by atoms with Crippen LogP contribution >= 0.6 is 0 Å². The van der Waals surface area contributed by atoms with E-state index in [4.69, 9.17) is 0 Å². The predicted octanol–water partition coefficient (Wildman–Crippen LogP) is 4.18. The van der Waals surface area contributed by atoms with E-state index in [-0.39, 0.29) is 22.8 Å². The van der Waals surface area contributed by atoms with Crippen LogP contribution in [0.15, 0.2) is 71.5 Å². The topological polar surface area (TPSA) is 110 Å². The summed E-state index contributed by atoms with van der Waals surface area (Å²) in [7, 11) is -1.85. The highest BCUT2D eigenvalue weighted by molar-refractivity contribution is 6.45. The van der Waals surface area contributed by atoms with Crippen LogP contribution in [0.25, 0.3) is 0 Å². The first-order valence-corrected chi connectivity index (χ1v) is 11.6. The highest BCUT2D eigenvalue weighted by atomic mass is 16.4. The van der Waals surface area contributed by atoms with Crippen molar-refractivity contribution >= 4 is 18.9 Å². The maximum Gasteiger partial charge on any atom is 0.466 e. The second-order valence-corrected chi connectivity index (χ2v) is 10.2. The molecule has 0 radical (unpaired) electrons. The number of aryl methyl sites for hydroxylation is 2. The molecule has 35 heavy (non-hydrogen) atoms. The summed E-state index contributed by atoms with van der Waals surface area (Å²) in [6.07, 6.45) is 1.30. The SMILES string of the molecule is CC1=C(O)C(B(O)O)C=C1C(=O)NN(C(=O)c1cc(C)cc(C)c1)C(c1ccccc1)C(C)(C)C. The van der Waals surface area contributed by atoms with E-state index in [1.165, 1.54) is 18.0 Å². The molecule has 8 heteroatoms. The van der Waals surface area contributed by atoms with Gasteiger partial charge < -0.3 is 15.2 Å². The zero-order valence-corrected chi connectivity index (χ0v) is 21.0. The summed E-state index contributed by atoms with van der Waals surface area (Å²) in [6.45, 7) is 11.3. The number of hydrogen-bond donors (Lipinski definition) is 4. The molecule has 2 aromatic carbocycles. The predicted molar refractivity (Wildman–Crippen MR) is 136 cm³/mol. The summed E-state index contributed by atoms with van der Waals surface area (Å²) in [5.41, 5.74) is 5.75. The molecule has 7 nitrogen and oxygen atoms in total. The molecule has 0 saturated heterocycles. The molecule has 0 saturated carbocycles. The number of benzene rings is 2. The summed E-state index contributed by atoms with van der Waals surface area (Å²) in [5.74, 6) is -2.39. The minimum absolute atomic E-state index is 0.0829. The van der Waals surface area contributed by atoms with Gasteiger partial charge in [0.1, 0.15) is 5.76 Å². The average Bonchev–Trinajstić information content (AvgIpc) is 3.06. The van der Waals surface area contributed by atoms with Crippen LogP contribution in [-0.2, 0) is 4.79 Å². The van der Waals surface area contributed by atoms with Crippen LogP contribution in [0.5, 0.6) is 0 Å². The van der Waals surface area contributed by atoms with E-state index in [0.717, 1.165) is 16.7 Å². The third-order valence-corrected chi connectivity index (χ3v) is 6.12. The van der Waals surface area contributed by atoms with Gasteiger partial charge in [0.05, 0.1) is 11.9 Å². The van der Waals surface area contributed by atoms with Gasteiger partial charge in [-0.25, -0.2) is 5.01 Å². The first-order chi connectivity index (χ1) is 16.3. The molecule has 2 unspecified atom stereocenters. The first-order valence-electron chi connectivity index (χ1n) is 11.6. The lowest BCUT2D eigenvalue weighted by atomic mass is 9.72. The van der Waals surface area contributed by atoms with E-state index in [9.17, 15) is 24.7 Å². The van der Waals surface area contributed by atoms with Gasteiger partial charge in [-0.2, -0.15) is 0 Å². The maximum atomic E-state index is 13.9. The number of carbonyl (C=O) groups is 2. The Kier molecular flexibility index (Phi) is 7.57. The van der Waals surface area contributed by atoms with E-state index in [0.29, 0.717) is 5.56 Å². The van der Waals surface area contributed by atoms with Crippen LogP contribution in [0.2, 0.25) is 5.82 Å². The van der Waals surface area contributed by atoms with Crippen molar-refractivity contribution in [1.29, 1.82) is 0 Å². The van der Waals surface area contributed by atoms with Gasteiger partial charge in [-0.3, -0.25) is 15.0 Å². The van der Waals surface area contributed by atoms with Gasteiger partial charge in [0.15, 0.2) is 0 Å². The fraction of sp³-hybridized carbons (Fsp3) is 0.333. The molecule has 1 aliphatic carbocycles. The quantitative estimate of drug-likeness (QED) is 0.382. The Morgan fingerprint density at radius 1 is 1.00 bits per heavy atom. The fourth-order valence-corrected chi connectivity index (χ4v) is 4.56. The molecule has 1 aliphatic rings. The maximum absolute atomic E-state index is 13.9. The first kappa shape index (κ1) is 26.3. The van der Waals surface area contributed by atoms with Crippen molar-refractivity contribution in [2.24, 2.45) is 5.41 Å². The third-order valence-electron chi connectivity index (χ3n) is 6.12. The molecule has 0 fully saturated rings. The number of hydrazine groups is 1. The lowest BCUT2D eigenvalue weighted by Crippen LogP contribution is -2.52.